The summed E-state index contributed by atoms with van der Waals surface area (Å²) in [4.78, 5) is 27.2. The summed E-state index contributed by atoms with van der Waals surface area (Å²) in [5.74, 6) is 0.00586. The highest BCUT2D eigenvalue weighted by atomic mass is 32.2. The van der Waals surface area contributed by atoms with E-state index in [1.165, 1.54) is 12.1 Å². The summed E-state index contributed by atoms with van der Waals surface area (Å²) < 4.78 is 0. The number of benzene rings is 2. The molecule has 8 heteroatoms. The molecule has 28 heavy (non-hydrogen) atoms. The number of aromatic hydroxyl groups is 1. The first kappa shape index (κ1) is 19.6. The maximum Gasteiger partial charge on any atom is 0.278 e. The molecular formula is C20H20N4O3S. The Morgan fingerprint density at radius 1 is 1.11 bits per heavy atom. The first-order chi connectivity index (χ1) is 13.3. The molecule has 1 aromatic heterocycles. The molecule has 0 fully saturated rings. The molecule has 0 aliphatic carbocycles. The highest BCUT2D eigenvalue weighted by Crippen LogP contribution is 2.23. The van der Waals surface area contributed by atoms with Crippen LogP contribution in [0.3, 0.4) is 0 Å². The van der Waals surface area contributed by atoms with Gasteiger partial charge >= 0.3 is 0 Å². The zero-order valence-electron chi connectivity index (χ0n) is 15.7. The molecule has 1 amide bonds. The van der Waals surface area contributed by atoms with E-state index in [1.54, 1.807) is 12.1 Å². The Hall–Kier alpha value is -3.13. The lowest BCUT2D eigenvalue weighted by atomic mass is 10.1. The molecule has 0 saturated carbocycles. The number of thioether (sulfide) groups is 1. The van der Waals surface area contributed by atoms with Crippen molar-refractivity contribution in [1.29, 1.82) is 0 Å². The van der Waals surface area contributed by atoms with Crippen molar-refractivity contribution in [3.63, 3.8) is 0 Å². The van der Waals surface area contributed by atoms with E-state index in [-0.39, 0.29) is 28.3 Å². The van der Waals surface area contributed by atoms with Crippen LogP contribution in [0.25, 0.3) is 11.3 Å². The Labute approximate surface area is 166 Å². The normalized spacial score (nSPS) is 10.7. The SMILES string of the molecule is Cc1cc(C)c(NC(=O)CSc2nnc(-c3ccc(O)cc3)c(=O)[nH]2)c(C)c1. The van der Waals surface area contributed by atoms with Crippen LogP contribution >= 0.6 is 11.8 Å². The molecule has 0 radical (unpaired) electrons. The second-order valence-electron chi connectivity index (χ2n) is 6.47. The van der Waals surface area contributed by atoms with E-state index < -0.39 is 5.56 Å². The van der Waals surface area contributed by atoms with Crippen molar-refractivity contribution in [2.75, 3.05) is 11.1 Å². The summed E-state index contributed by atoms with van der Waals surface area (Å²) in [6.07, 6.45) is 0. The maximum atomic E-state index is 12.3. The average Bonchev–Trinajstić information content (AvgIpc) is 2.64. The van der Waals surface area contributed by atoms with Gasteiger partial charge < -0.3 is 10.4 Å². The number of anilines is 1. The number of H-pyrrole nitrogens is 1. The van der Waals surface area contributed by atoms with E-state index in [1.807, 2.05) is 32.9 Å². The number of nitrogens with zero attached hydrogens (tertiary/aromatic N) is 2. The van der Waals surface area contributed by atoms with Gasteiger partial charge in [-0.1, -0.05) is 29.5 Å². The van der Waals surface area contributed by atoms with E-state index in [0.29, 0.717) is 5.56 Å². The van der Waals surface area contributed by atoms with Crippen molar-refractivity contribution in [2.24, 2.45) is 0 Å². The molecule has 0 bridgehead atoms. The number of phenols is 1. The fourth-order valence-electron chi connectivity index (χ4n) is 2.88. The predicted octanol–water partition coefficient (Wildman–Crippen LogP) is 3.19. The Balaban J connectivity index is 1.66. The molecule has 0 unspecified atom stereocenters. The minimum Gasteiger partial charge on any atom is -0.508 e. The molecule has 3 rings (SSSR count). The first-order valence-corrected chi connectivity index (χ1v) is 9.59. The fourth-order valence-corrected chi connectivity index (χ4v) is 3.49. The van der Waals surface area contributed by atoms with E-state index in [0.717, 1.165) is 34.1 Å². The van der Waals surface area contributed by atoms with Crippen molar-refractivity contribution in [3.05, 3.63) is 63.4 Å². The van der Waals surface area contributed by atoms with Crippen LogP contribution in [-0.2, 0) is 4.79 Å². The van der Waals surface area contributed by atoms with Gasteiger partial charge in [-0.3, -0.25) is 14.6 Å². The van der Waals surface area contributed by atoms with E-state index in [9.17, 15) is 14.7 Å². The van der Waals surface area contributed by atoms with Gasteiger partial charge in [-0.25, -0.2) is 0 Å². The molecule has 0 saturated heterocycles. The predicted molar refractivity (Wildman–Crippen MR) is 110 cm³/mol. The Bertz CT molecular complexity index is 1050. The van der Waals surface area contributed by atoms with Gasteiger partial charge in [0.2, 0.25) is 5.91 Å². The molecule has 3 aromatic rings. The number of amides is 1. The van der Waals surface area contributed by atoms with Crippen molar-refractivity contribution in [3.8, 4) is 17.0 Å². The number of hydrogen-bond donors (Lipinski definition) is 3. The Kier molecular flexibility index (Phi) is 5.79. The molecular weight excluding hydrogens is 376 g/mol. The molecule has 0 atom stereocenters. The number of aryl methyl sites for hydroxylation is 3. The van der Waals surface area contributed by atoms with Crippen LogP contribution in [-0.4, -0.2) is 31.9 Å². The Morgan fingerprint density at radius 2 is 1.75 bits per heavy atom. The summed E-state index contributed by atoms with van der Waals surface area (Å²) in [5, 5.41) is 20.4. The van der Waals surface area contributed by atoms with Crippen LogP contribution in [0, 0.1) is 20.8 Å². The monoisotopic (exact) mass is 396 g/mol. The van der Waals surface area contributed by atoms with Crippen molar-refractivity contribution in [1.82, 2.24) is 15.2 Å². The van der Waals surface area contributed by atoms with Gasteiger partial charge in [0, 0.05) is 11.3 Å². The minimum atomic E-state index is -0.408. The van der Waals surface area contributed by atoms with Gasteiger partial charge in [-0.05, 0) is 56.2 Å². The third-order valence-corrected chi connectivity index (χ3v) is 4.96. The molecule has 0 aliphatic heterocycles. The maximum absolute atomic E-state index is 12.3. The largest absolute Gasteiger partial charge is 0.508 e. The summed E-state index contributed by atoms with van der Waals surface area (Å²) in [6.45, 7) is 5.92. The highest BCUT2D eigenvalue weighted by Gasteiger charge is 2.12. The van der Waals surface area contributed by atoms with Crippen LogP contribution in [0.5, 0.6) is 5.75 Å². The molecule has 7 nitrogen and oxygen atoms in total. The summed E-state index contributed by atoms with van der Waals surface area (Å²) in [5.41, 5.74) is 4.24. The first-order valence-electron chi connectivity index (χ1n) is 8.60. The minimum absolute atomic E-state index is 0.0932. The van der Waals surface area contributed by atoms with Gasteiger partial charge in [-0.2, -0.15) is 0 Å². The molecule has 3 N–H and O–H groups in total. The number of phenolic OH excluding ortho intramolecular Hbond substituents is 1. The summed E-state index contributed by atoms with van der Waals surface area (Å²) >= 11 is 1.10. The van der Waals surface area contributed by atoms with E-state index in [2.05, 4.69) is 20.5 Å². The Morgan fingerprint density at radius 3 is 2.36 bits per heavy atom. The second-order valence-corrected chi connectivity index (χ2v) is 7.43. The topological polar surface area (TPSA) is 108 Å². The van der Waals surface area contributed by atoms with Crippen LogP contribution in [0.1, 0.15) is 16.7 Å². The molecule has 0 spiro atoms. The standard InChI is InChI=1S/C20H20N4O3S/c1-11-8-12(2)17(13(3)9-11)21-16(26)10-28-20-22-19(27)18(23-24-20)14-4-6-15(25)7-5-14/h4-9,25H,10H2,1-3H3,(H,21,26)(H,22,24,27). The van der Waals surface area contributed by atoms with Gasteiger partial charge in [0.25, 0.3) is 5.56 Å². The van der Waals surface area contributed by atoms with Gasteiger partial charge in [0.1, 0.15) is 5.75 Å². The lowest BCUT2D eigenvalue weighted by Gasteiger charge is -2.12. The molecule has 1 heterocycles. The zero-order chi connectivity index (χ0) is 20.3. The molecule has 0 aliphatic rings. The van der Waals surface area contributed by atoms with Gasteiger partial charge in [0.05, 0.1) is 5.75 Å². The smallest absolute Gasteiger partial charge is 0.278 e. The van der Waals surface area contributed by atoms with Crippen molar-refractivity contribution >= 4 is 23.4 Å². The lowest BCUT2D eigenvalue weighted by molar-refractivity contribution is -0.113. The second kappa shape index (κ2) is 8.26. The number of aromatic nitrogens is 3. The number of rotatable bonds is 5. The van der Waals surface area contributed by atoms with Crippen molar-refractivity contribution < 1.29 is 9.90 Å². The quantitative estimate of drug-likeness (QED) is 0.572. The molecule has 144 valence electrons. The number of carbonyl (C=O) groups excluding carboxylic acids is 1. The van der Waals surface area contributed by atoms with Gasteiger partial charge in [0.15, 0.2) is 10.9 Å². The van der Waals surface area contributed by atoms with E-state index in [4.69, 9.17) is 0 Å². The van der Waals surface area contributed by atoms with Crippen molar-refractivity contribution in [2.45, 2.75) is 25.9 Å². The lowest BCUT2D eigenvalue weighted by Crippen LogP contribution is -2.18. The van der Waals surface area contributed by atoms with Crippen LogP contribution in [0.2, 0.25) is 0 Å². The third-order valence-electron chi connectivity index (χ3n) is 4.10. The number of carbonyl (C=O) groups is 1. The van der Waals surface area contributed by atoms with Crippen LogP contribution < -0.4 is 10.9 Å². The average molecular weight is 396 g/mol. The molecule has 2 aromatic carbocycles. The number of aromatic amines is 1. The zero-order valence-corrected chi connectivity index (χ0v) is 16.6. The van der Waals surface area contributed by atoms with E-state index >= 15 is 0 Å². The fraction of sp³-hybridized carbons (Fsp3) is 0.200. The highest BCUT2D eigenvalue weighted by molar-refractivity contribution is 7.99. The summed E-state index contributed by atoms with van der Waals surface area (Å²) in [6, 6.07) is 10.1. The number of nitrogens with one attached hydrogen (secondary N) is 2. The summed E-state index contributed by atoms with van der Waals surface area (Å²) in [7, 11) is 0. The number of hydrogen-bond acceptors (Lipinski definition) is 6. The van der Waals surface area contributed by atoms with Crippen LogP contribution in [0.4, 0.5) is 5.69 Å². The van der Waals surface area contributed by atoms with Gasteiger partial charge in [-0.15, -0.1) is 10.2 Å². The third kappa shape index (κ3) is 4.58. The van der Waals surface area contributed by atoms with Crippen LogP contribution in [0.15, 0.2) is 46.3 Å².